The molecule has 0 spiro atoms. The monoisotopic (exact) mass is 485 g/mol. The molecule has 4 rings (SSSR count). The van der Waals surface area contributed by atoms with Crippen molar-refractivity contribution in [3.8, 4) is 11.1 Å². The third-order valence-corrected chi connectivity index (χ3v) is 5.74. The van der Waals surface area contributed by atoms with Gasteiger partial charge in [-0.2, -0.15) is 0 Å². The molecule has 4 aromatic rings. The van der Waals surface area contributed by atoms with Crippen LogP contribution >= 0.6 is 11.6 Å². The van der Waals surface area contributed by atoms with E-state index < -0.39 is 11.9 Å². The zero-order chi connectivity index (χ0) is 23.4. The quantitative estimate of drug-likeness (QED) is 0.300. The van der Waals surface area contributed by atoms with E-state index in [-0.39, 0.29) is 61.7 Å². The Kier molecular flexibility index (Phi) is 8.74. The molecule has 0 saturated heterocycles. The van der Waals surface area contributed by atoms with E-state index in [9.17, 15) is 19.5 Å². The molecule has 1 aromatic heterocycles. The molecule has 1 heterocycles. The summed E-state index contributed by atoms with van der Waals surface area (Å²) in [5.74, 6) is -2.32. The van der Waals surface area contributed by atoms with Gasteiger partial charge in [0.1, 0.15) is 5.52 Å². The number of nitrogens with zero attached hydrogens (tertiary/aromatic N) is 3. The van der Waals surface area contributed by atoms with Gasteiger partial charge in [-0.25, -0.2) is 4.68 Å². The van der Waals surface area contributed by atoms with E-state index in [1.807, 2.05) is 24.3 Å². The standard InChI is InChI=1S/C25H20ClN3O4.Na.H/c26-20-11-9-17(10-12-20)16-5-7-18(8-6-16)23(30)15-19(25(32)33)13-14-29-24(31)21-3-1-2-4-22(21)27-28-29;;/h1-12,19H,13-15H2,(H,32,33);;/q;+1;-1. The van der Waals surface area contributed by atoms with Gasteiger partial charge in [-0.1, -0.05) is 65.3 Å². The number of aryl methyl sites for hydroxylation is 1. The number of halogens is 1. The van der Waals surface area contributed by atoms with Gasteiger partial charge in [0.25, 0.3) is 5.56 Å². The minimum atomic E-state index is -1.09. The fourth-order valence-corrected chi connectivity index (χ4v) is 3.72. The van der Waals surface area contributed by atoms with Crippen LogP contribution in [0.3, 0.4) is 0 Å². The molecule has 1 N–H and O–H groups in total. The predicted molar refractivity (Wildman–Crippen MR) is 126 cm³/mol. The Labute approximate surface area is 224 Å². The second-order valence-electron chi connectivity index (χ2n) is 7.67. The van der Waals surface area contributed by atoms with Gasteiger partial charge >= 0.3 is 35.5 Å². The molecule has 3 aromatic carbocycles. The molecule has 0 aliphatic heterocycles. The van der Waals surface area contributed by atoms with Gasteiger partial charge in [0.2, 0.25) is 0 Å². The molecular formula is C25H21ClN3NaO4. The van der Waals surface area contributed by atoms with Gasteiger partial charge in [-0.15, -0.1) is 5.10 Å². The van der Waals surface area contributed by atoms with E-state index in [4.69, 9.17) is 11.6 Å². The molecule has 0 fully saturated rings. The fraction of sp³-hybridized carbons (Fsp3) is 0.160. The first-order valence-corrected chi connectivity index (χ1v) is 10.7. The Morgan fingerprint density at radius 1 is 0.971 bits per heavy atom. The number of carboxylic acids is 1. The Morgan fingerprint density at radius 3 is 2.24 bits per heavy atom. The third-order valence-electron chi connectivity index (χ3n) is 5.48. The summed E-state index contributed by atoms with van der Waals surface area (Å²) in [6.45, 7) is 0.0520. The van der Waals surface area contributed by atoms with Crippen LogP contribution in [0.1, 0.15) is 24.6 Å². The van der Waals surface area contributed by atoms with E-state index in [2.05, 4.69) is 10.3 Å². The van der Waals surface area contributed by atoms with Crippen LogP contribution in [-0.4, -0.2) is 31.9 Å². The number of Topliss-reactive ketones (excluding diaryl/α,β-unsaturated/α-hetero) is 1. The summed E-state index contributed by atoms with van der Waals surface area (Å²) in [7, 11) is 0. The van der Waals surface area contributed by atoms with E-state index in [1.165, 1.54) is 0 Å². The Morgan fingerprint density at radius 2 is 1.59 bits per heavy atom. The fourth-order valence-electron chi connectivity index (χ4n) is 3.59. The number of carboxylic acid groups (broad SMARTS) is 1. The molecule has 34 heavy (non-hydrogen) atoms. The second kappa shape index (κ2) is 11.5. The summed E-state index contributed by atoms with van der Waals surface area (Å²) in [5, 5.41) is 18.6. The summed E-state index contributed by atoms with van der Waals surface area (Å²) in [6.07, 6.45) is -0.0950. The molecule has 168 valence electrons. The summed E-state index contributed by atoms with van der Waals surface area (Å²) >= 11 is 5.92. The van der Waals surface area contributed by atoms with Crippen LogP contribution < -0.4 is 35.1 Å². The molecule has 0 aliphatic carbocycles. The molecule has 0 radical (unpaired) electrons. The molecule has 0 bridgehead atoms. The van der Waals surface area contributed by atoms with Crippen molar-refractivity contribution < 1.29 is 45.7 Å². The van der Waals surface area contributed by atoms with Crippen molar-refractivity contribution in [2.24, 2.45) is 5.92 Å². The van der Waals surface area contributed by atoms with Crippen LogP contribution in [0.15, 0.2) is 77.6 Å². The first-order chi connectivity index (χ1) is 15.9. The molecule has 0 amide bonds. The van der Waals surface area contributed by atoms with Gasteiger partial charge in [-0.05, 0) is 41.8 Å². The summed E-state index contributed by atoms with van der Waals surface area (Å²) < 4.78 is 1.14. The van der Waals surface area contributed by atoms with Gasteiger partial charge in [-0.3, -0.25) is 14.4 Å². The van der Waals surface area contributed by atoms with Crippen molar-refractivity contribution in [2.75, 3.05) is 0 Å². The summed E-state index contributed by atoms with van der Waals surface area (Å²) in [5.41, 5.74) is 2.46. The number of hydrogen-bond donors (Lipinski definition) is 1. The van der Waals surface area contributed by atoms with Gasteiger partial charge < -0.3 is 6.53 Å². The minimum Gasteiger partial charge on any atom is -1.00 e. The normalized spacial score (nSPS) is 11.6. The van der Waals surface area contributed by atoms with Crippen molar-refractivity contribution in [2.45, 2.75) is 19.4 Å². The number of benzene rings is 3. The first-order valence-electron chi connectivity index (χ1n) is 10.4. The molecule has 0 aliphatic rings. The van der Waals surface area contributed by atoms with E-state index in [1.54, 1.807) is 48.5 Å². The molecule has 9 heteroatoms. The first kappa shape index (κ1) is 25.8. The number of aliphatic carboxylic acids is 1. The number of fused-ring (bicyclic) bond motifs is 1. The maximum Gasteiger partial charge on any atom is 1.00 e. The number of ketones is 1. The van der Waals surface area contributed by atoms with Crippen LogP contribution in [0.25, 0.3) is 22.0 Å². The van der Waals surface area contributed by atoms with Gasteiger partial charge in [0, 0.05) is 23.6 Å². The average Bonchev–Trinajstić information content (AvgIpc) is 2.83. The summed E-state index contributed by atoms with van der Waals surface area (Å²) in [6, 6.07) is 21.2. The number of hydrogen-bond acceptors (Lipinski definition) is 5. The number of aromatic nitrogens is 3. The molecule has 1 atom stereocenters. The van der Waals surface area contributed by atoms with E-state index in [0.29, 0.717) is 21.5 Å². The van der Waals surface area contributed by atoms with Crippen molar-refractivity contribution >= 4 is 34.3 Å². The smallest absolute Gasteiger partial charge is 1.00 e. The van der Waals surface area contributed by atoms with Crippen molar-refractivity contribution in [1.29, 1.82) is 0 Å². The molecule has 7 nitrogen and oxygen atoms in total. The SMILES string of the molecule is O=C(CC(CCn1nnc2ccccc2c1=O)C(=O)O)c1ccc(-c2ccc(Cl)cc2)cc1.[H-].[Na+]. The molecule has 0 saturated carbocycles. The maximum atomic E-state index is 12.7. The Hall–Kier alpha value is -2.84. The number of carbonyl (C=O) groups is 2. The third kappa shape index (κ3) is 5.98. The molecular weight excluding hydrogens is 465 g/mol. The zero-order valence-corrected chi connectivity index (χ0v) is 21.3. The Balaban J connectivity index is 0.00000216. The topological polar surface area (TPSA) is 102 Å². The number of carbonyl (C=O) groups excluding carboxylic acids is 1. The van der Waals surface area contributed by atoms with Crippen molar-refractivity contribution in [3.63, 3.8) is 0 Å². The van der Waals surface area contributed by atoms with Crippen LogP contribution in [0.4, 0.5) is 0 Å². The van der Waals surface area contributed by atoms with E-state index >= 15 is 0 Å². The van der Waals surface area contributed by atoms with Gasteiger partial charge in [0.05, 0.1) is 11.3 Å². The maximum absolute atomic E-state index is 12.7. The second-order valence-corrected chi connectivity index (χ2v) is 8.11. The largest absolute Gasteiger partial charge is 1.00 e. The van der Waals surface area contributed by atoms with Crippen molar-refractivity contribution in [3.05, 3.63) is 93.7 Å². The van der Waals surface area contributed by atoms with Crippen LogP contribution in [0.5, 0.6) is 0 Å². The van der Waals surface area contributed by atoms with Crippen LogP contribution in [-0.2, 0) is 11.3 Å². The zero-order valence-electron chi connectivity index (χ0n) is 19.5. The van der Waals surface area contributed by atoms with Crippen LogP contribution in [0, 0.1) is 5.92 Å². The van der Waals surface area contributed by atoms with Crippen LogP contribution in [0.2, 0.25) is 5.02 Å². The Bertz CT molecular complexity index is 1380. The van der Waals surface area contributed by atoms with Gasteiger partial charge in [0.15, 0.2) is 5.78 Å². The summed E-state index contributed by atoms with van der Waals surface area (Å²) in [4.78, 5) is 37.1. The average molecular weight is 486 g/mol. The number of rotatable bonds is 8. The van der Waals surface area contributed by atoms with E-state index in [0.717, 1.165) is 15.8 Å². The predicted octanol–water partition coefficient (Wildman–Crippen LogP) is 1.59. The van der Waals surface area contributed by atoms with Crippen molar-refractivity contribution in [1.82, 2.24) is 15.0 Å². The minimum absolute atomic E-state index is 0. The molecule has 1 unspecified atom stereocenters.